The maximum absolute atomic E-state index is 10.5. The second-order valence-electron chi connectivity index (χ2n) is 5.93. The first-order chi connectivity index (χ1) is 10.6. The van der Waals surface area contributed by atoms with Crippen LogP contribution in [0, 0.1) is 0 Å². The van der Waals surface area contributed by atoms with Crippen molar-refractivity contribution in [2.75, 3.05) is 32.7 Å². The Morgan fingerprint density at radius 2 is 1.91 bits per heavy atom. The fraction of sp³-hybridized carbons (Fsp3) is 0.588. The second-order valence-corrected chi connectivity index (χ2v) is 6.33. The summed E-state index contributed by atoms with van der Waals surface area (Å²) in [7, 11) is 0. The topological polar surface area (TPSA) is 43.8 Å². The first kappa shape index (κ1) is 17.3. The highest BCUT2D eigenvalue weighted by molar-refractivity contribution is 6.31. The number of carbonyl (C=O) groups is 1. The Morgan fingerprint density at radius 1 is 1.23 bits per heavy atom. The van der Waals surface area contributed by atoms with Crippen LogP contribution in [0.5, 0.6) is 0 Å². The van der Waals surface area contributed by atoms with E-state index in [2.05, 4.69) is 22.8 Å². The van der Waals surface area contributed by atoms with Crippen LogP contribution in [0.2, 0.25) is 5.02 Å². The molecule has 1 unspecified atom stereocenters. The number of piperazine rings is 1. The molecule has 0 aliphatic carbocycles. The number of aliphatic carboxylic acids is 1. The van der Waals surface area contributed by atoms with Gasteiger partial charge in [-0.05, 0) is 37.9 Å². The van der Waals surface area contributed by atoms with E-state index in [1.54, 1.807) is 0 Å². The molecule has 0 radical (unpaired) electrons. The highest BCUT2D eigenvalue weighted by atomic mass is 35.5. The van der Waals surface area contributed by atoms with E-state index in [0.717, 1.165) is 50.6 Å². The van der Waals surface area contributed by atoms with Crippen LogP contribution >= 0.6 is 11.6 Å². The van der Waals surface area contributed by atoms with Gasteiger partial charge >= 0.3 is 5.97 Å². The number of hydrogen-bond donors (Lipinski definition) is 1. The molecule has 122 valence electrons. The maximum Gasteiger partial charge on any atom is 0.303 e. The van der Waals surface area contributed by atoms with E-state index in [-0.39, 0.29) is 6.42 Å². The van der Waals surface area contributed by atoms with Crippen molar-refractivity contribution in [2.45, 2.75) is 32.2 Å². The SMILES string of the molecule is CC(c1ccccc1Cl)N1CCN(CCCCC(=O)O)CC1. The standard InChI is InChI=1S/C17H25ClN2O2/c1-14(15-6-2-3-7-16(15)18)20-12-10-19(11-13-20)9-5-4-8-17(21)22/h2-3,6-7,14H,4-5,8-13H2,1H3,(H,21,22). The van der Waals surface area contributed by atoms with Gasteiger partial charge in [-0.15, -0.1) is 0 Å². The summed E-state index contributed by atoms with van der Waals surface area (Å²) in [6.07, 6.45) is 2.02. The van der Waals surface area contributed by atoms with Crippen LogP contribution in [0.25, 0.3) is 0 Å². The summed E-state index contributed by atoms with van der Waals surface area (Å²) < 4.78 is 0. The molecule has 2 rings (SSSR count). The van der Waals surface area contributed by atoms with Crippen LogP contribution < -0.4 is 0 Å². The third-order valence-corrected chi connectivity index (χ3v) is 4.77. The molecular weight excluding hydrogens is 300 g/mol. The number of carboxylic acid groups (broad SMARTS) is 1. The fourth-order valence-electron chi connectivity index (χ4n) is 3.00. The minimum atomic E-state index is -0.696. The Morgan fingerprint density at radius 3 is 2.55 bits per heavy atom. The molecule has 1 aromatic carbocycles. The van der Waals surface area contributed by atoms with Gasteiger partial charge in [0, 0.05) is 43.7 Å². The van der Waals surface area contributed by atoms with Gasteiger partial charge in [0.15, 0.2) is 0 Å². The van der Waals surface area contributed by atoms with Gasteiger partial charge in [-0.3, -0.25) is 9.69 Å². The number of carboxylic acids is 1. The zero-order valence-electron chi connectivity index (χ0n) is 13.2. The van der Waals surface area contributed by atoms with E-state index in [9.17, 15) is 4.79 Å². The maximum atomic E-state index is 10.5. The summed E-state index contributed by atoms with van der Waals surface area (Å²) in [5, 5.41) is 9.48. The summed E-state index contributed by atoms with van der Waals surface area (Å²) in [4.78, 5) is 15.4. The molecule has 0 bridgehead atoms. The quantitative estimate of drug-likeness (QED) is 0.782. The molecule has 0 spiro atoms. The molecule has 1 aromatic rings. The third kappa shape index (κ3) is 4.97. The lowest BCUT2D eigenvalue weighted by Gasteiger charge is -2.38. The Labute approximate surface area is 137 Å². The molecule has 0 amide bonds. The van der Waals surface area contributed by atoms with E-state index in [4.69, 9.17) is 16.7 Å². The summed E-state index contributed by atoms with van der Waals surface area (Å²) in [5.41, 5.74) is 1.19. The van der Waals surface area contributed by atoms with Crippen molar-refractivity contribution in [2.24, 2.45) is 0 Å². The molecule has 22 heavy (non-hydrogen) atoms. The summed E-state index contributed by atoms with van der Waals surface area (Å²) >= 11 is 6.29. The van der Waals surface area contributed by atoms with Crippen molar-refractivity contribution >= 4 is 17.6 Å². The van der Waals surface area contributed by atoms with Gasteiger partial charge in [0.25, 0.3) is 0 Å². The van der Waals surface area contributed by atoms with Crippen LogP contribution in [0.3, 0.4) is 0 Å². The highest BCUT2D eigenvalue weighted by Crippen LogP contribution is 2.27. The molecule has 1 aliphatic rings. The minimum Gasteiger partial charge on any atom is -0.481 e. The number of unbranched alkanes of at least 4 members (excludes halogenated alkanes) is 1. The normalized spacial score (nSPS) is 18.3. The van der Waals surface area contributed by atoms with E-state index in [1.807, 2.05) is 18.2 Å². The number of nitrogens with zero attached hydrogens (tertiary/aromatic N) is 2. The van der Waals surface area contributed by atoms with Gasteiger partial charge in [0.2, 0.25) is 0 Å². The van der Waals surface area contributed by atoms with Gasteiger partial charge in [0.05, 0.1) is 0 Å². The van der Waals surface area contributed by atoms with Crippen LogP contribution in [-0.2, 0) is 4.79 Å². The lowest BCUT2D eigenvalue weighted by molar-refractivity contribution is -0.137. The Balaban J connectivity index is 1.75. The molecule has 0 saturated carbocycles. The first-order valence-corrected chi connectivity index (χ1v) is 8.38. The van der Waals surface area contributed by atoms with Crippen molar-refractivity contribution in [1.82, 2.24) is 9.80 Å². The minimum absolute atomic E-state index is 0.281. The van der Waals surface area contributed by atoms with Crippen molar-refractivity contribution in [3.63, 3.8) is 0 Å². The molecule has 1 N–H and O–H groups in total. The molecule has 5 heteroatoms. The molecule has 1 atom stereocenters. The monoisotopic (exact) mass is 324 g/mol. The van der Waals surface area contributed by atoms with Crippen LogP contribution in [0.4, 0.5) is 0 Å². The van der Waals surface area contributed by atoms with Crippen LogP contribution in [0.15, 0.2) is 24.3 Å². The molecule has 1 saturated heterocycles. The smallest absolute Gasteiger partial charge is 0.303 e. The van der Waals surface area contributed by atoms with Gasteiger partial charge < -0.3 is 10.0 Å². The second kappa shape index (κ2) is 8.51. The van der Waals surface area contributed by atoms with E-state index < -0.39 is 5.97 Å². The zero-order valence-corrected chi connectivity index (χ0v) is 13.9. The lowest BCUT2D eigenvalue weighted by atomic mass is 10.1. The third-order valence-electron chi connectivity index (χ3n) is 4.42. The molecule has 4 nitrogen and oxygen atoms in total. The van der Waals surface area contributed by atoms with Crippen LogP contribution in [0.1, 0.15) is 37.8 Å². The van der Waals surface area contributed by atoms with Crippen molar-refractivity contribution < 1.29 is 9.90 Å². The Bertz CT molecular complexity index is 487. The highest BCUT2D eigenvalue weighted by Gasteiger charge is 2.22. The Kier molecular flexibility index (Phi) is 6.68. The number of halogens is 1. The summed E-state index contributed by atoms with van der Waals surface area (Å²) in [6.45, 7) is 7.37. The summed E-state index contributed by atoms with van der Waals surface area (Å²) in [6, 6.07) is 8.39. The van der Waals surface area contributed by atoms with Crippen molar-refractivity contribution in [1.29, 1.82) is 0 Å². The molecule has 1 fully saturated rings. The lowest BCUT2D eigenvalue weighted by Crippen LogP contribution is -2.47. The summed E-state index contributed by atoms with van der Waals surface area (Å²) in [5.74, 6) is -0.696. The van der Waals surface area contributed by atoms with E-state index in [1.165, 1.54) is 5.56 Å². The predicted molar refractivity (Wildman–Crippen MR) is 89.4 cm³/mol. The average Bonchev–Trinajstić information content (AvgIpc) is 2.52. The van der Waals surface area contributed by atoms with Gasteiger partial charge in [0.1, 0.15) is 0 Å². The van der Waals surface area contributed by atoms with Crippen LogP contribution in [-0.4, -0.2) is 53.6 Å². The number of benzene rings is 1. The Hall–Kier alpha value is -1.10. The van der Waals surface area contributed by atoms with Crippen molar-refractivity contribution in [3.8, 4) is 0 Å². The van der Waals surface area contributed by atoms with Gasteiger partial charge in [-0.1, -0.05) is 29.8 Å². The molecular formula is C17H25ClN2O2. The number of hydrogen-bond acceptors (Lipinski definition) is 3. The van der Waals surface area contributed by atoms with Crippen molar-refractivity contribution in [3.05, 3.63) is 34.9 Å². The van der Waals surface area contributed by atoms with Gasteiger partial charge in [-0.25, -0.2) is 0 Å². The molecule has 0 aromatic heterocycles. The molecule has 1 heterocycles. The molecule has 1 aliphatic heterocycles. The fourth-order valence-corrected chi connectivity index (χ4v) is 3.29. The first-order valence-electron chi connectivity index (χ1n) is 8.00. The van der Waals surface area contributed by atoms with E-state index in [0.29, 0.717) is 6.04 Å². The van der Waals surface area contributed by atoms with E-state index >= 15 is 0 Å². The van der Waals surface area contributed by atoms with Gasteiger partial charge in [-0.2, -0.15) is 0 Å². The predicted octanol–water partition coefficient (Wildman–Crippen LogP) is 3.27. The zero-order chi connectivity index (χ0) is 15.9. The largest absolute Gasteiger partial charge is 0.481 e. The average molecular weight is 325 g/mol. The number of rotatable bonds is 7.